The van der Waals surface area contributed by atoms with Crippen LogP contribution in [0, 0.1) is 0 Å². The van der Waals surface area contributed by atoms with E-state index in [9.17, 15) is 9.59 Å². The summed E-state index contributed by atoms with van der Waals surface area (Å²) >= 11 is 0. The van der Waals surface area contributed by atoms with E-state index in [1.165, 1.54) is 0 Å². The summed E-state index contributed by atoms with van der Waals surface area (Å²) in [5.74, 6) is 0.937. The summed E-state index contributed by atoms with van der Waals surface area (Å²) in [5, 5.41) is 5.55. The van der Waals surface area contributed by atoms with E-state index in [0.717, 1.165) is 0 Å². The van der Waals surface area contributed by atoms with Crippen LogP contribution >= 0.6 is 0 Å². The number of hydrogen-bond acceptors (Lipinski definition) is 6. The van der Waals surface area contributed by atoms with Crippen molar-refractivity contribution in [3.8, 4) is 11.5 Å². The number of benzene rings is 2. The molecule has 8 heteroatoms. The Morgan fingerprint density at radius 1 is 0.625 bits per heavy atom. The molecule has 32 heavy (non-hydrogen) atoms. The second-order valence-corrected chi connectivity index (χ2v) is 6.74. The van der Waals surface area contributed by atoms with Crippen molar-refractivity contribution in [3.63, 3.8) is 0 Å². The predicted octanol–water partition coefficient (Wildman–Crippen LogP) is 3.87. The van der Waals surface area contributed by atoms with Crippen molar-refractivity contribution in [3.05, 3.63) is 48.5 Å². The number of carbonyl (C=O) groups is 2. The monoisotopic (exact) mass is 444 g/mol. The zero-order chi connectivity index (χ0) is 23.0. The van der Waals surface area contributed by atoms with Gasteiger partial charge in [0.05, 0.1) is 13.2 Å². The summed E-state index contributed by atoms with van der Waals surface area (Å²) in [6.45, 7) is 7.18. The minimum Gasteiger partial charge on any atom is -0.491 e. The molecule has 174 valence electrons. The Kier molecular flexibility index (Phi) is 11.7. The van der Waals surface area contributed by atoms with Crippen molar-refractivity contribution in [2.45, 2.75) is 26.7 Å². The minimum atomic E-state index is -0.233. The Morgan fingerprint density at radius 2 is 1.00 bits per heavy atom. The first kappa shape index (κ1) is 25.2. The second kappa shape index (κ2) is 14.8. The molecule has 0 bridgehead atoms. The van der Waals surface area contributed by atoms with E-state index in [2.05, 4.69) is 10.6 Å². The molecular formula is C24H32N2O6. The lowest BCUT2D eigenvalue weighted by molar-refractivity contribution is -0.121. The summed E-state index contributed by atoms with van der Waals surface area (Å²) in [5.41, 5.74) is 1.29. The quantitative estimate of drug-likeness (QED) is 0.405. The highest BCUT2D eigenvalue weighted by atomic mass is 16.5. The molecule has 0 saturated heterocycles. The SMILES string of the molecule is CCOCCOc1ccc(NC(=O)CCC(=O)Nc2ccc(OCCOCC)cc2)cc1. The van der Waals surface area contributed by atoms with Crippen LogP contribution in [-0.2, 0) is 19.1 Å². The summed E-state index contributed by atoms with van der Waals surface area (Å²) in [6, 6.07) is 14.1. The average Bonchev–Trinajstić information content (AvgIpc) is 2.80. The van der Waals surface area contributed by atoms with Crippen molar-refractivity contribution in [2.24, 2.45) is 0 Å². The number of amides is 2. The van der Waals surface area contributed by atoms with Crippen LogP contribution in [0.1, 0.15) is 26.7 Å². The molecule has 0 saturated carbocycles. The average molecular weight is 445 g/mol. The zero-order valence-corrected chi connectivity index (χ0v) is 18.7. The third-order valence-corrected chi connectivity index (χ3v) is 4.26. The molecule has 2 amide bonds. The minimum absolute atomic E-state index is 0.0804. The van der Waals surface area contributed by atoms with Gasteiger partial charge in [-0.25, -0.2) is 0 Å². The molecule has 0 heterocycles. The van der Waals surface area contributed by atoms with E-state index in [-0.39, 0.29) is 24.7 Å². The normalized spacial score (nSPS) is 10.4. The lowest BCUT2D eigenvalue weighted by Gasteiger charge is -2.09. The molecule has 2 N–H and O–H groups in total. The number of ether oxygens (including phenoxy) is 4. The highest BCUT2D eigenvalue weighted by Gasteiger charge is 2.08. The van der Waals surface area contributed by atoms with E-state index < -0.39 is 0 Å². The summed E-state index contributed by atoms with van der Waals surface area (Å²) in [7, 11) is 0. The van der Waals surface area contributed by atoms with Gasteiger partial charge in [0.2, 0.25) is 11.8 Å². The van der Waals surface area contributed by atoms with Gasteiger partial charge in [0, 0.05) is 37.4 Å². The fourth-order valence-corrected chi connectivity index (χ4v) is 2.67. The fourth-order valence-electron chi connectivity index (χ4n) is 2.67. The van der Waals surface area contributed by atoms with Gasteiger partial charge in [-0.3, -0.25) is 9.59 Å². The Morgan fingerprint density at radius 3 is 1.34 bits per heavy atom. The van der Waals surface area contributed by atoms with Gasteiger partial charge in [-0.2, -0.15) is 0 Å². The molecule has 0 aliphatic heterocycles. The van der Waals surface area contributed by atoms with Crippen molar-refractivity contribution >= 4 is 23.2 Å². The number of rotatable bonds is 15. The summed E-state index contributed by atoms with van der Waals surface area (Å²) in [4.78, 5) is 24.2. The van der Waals surface area contributed by atoms with Crippen LogP contribution < -0.4 is 20.1 Å². The van der Waals surface area contributed by atoms with Gasteiger partial charge in [-0.15, -0.1) is 0 Å². The molecule has 0 spiro atoms. The van der Waals surface area contributed by atoms with E-state index in [1.54, 1.807) is 48.5 Å². The number of carbonyl (C=O) groups excluding carboxylic acids is 2. The molecule has 0 aliphatic rings. The molecule has 0 fully saturated rings. The van der Waals surface area contributed by atoms with E-state index >= 15 is 0 Å². The maximum absolute atomic E-state index is 12.1. The van der Waals surface area contributed by atoms with Gasteiger partial charge in [0.25, 0.3) is 0 Å². The van der Waals surface area contributed by atoms with Crippen LogP contribution in [0.15, 0.2) is 48.5 Å². The number of nitrogens with one attached hydrogen (secondary N) is 2. The first-order valence-electron chi connectivity index (χ1n) is 10.8. The van der Waals surface area contributed by atoms with Crippen LogP contribution in [-0.4, -0.2) is 51.5 Å². The van der Waals surface area contributed by atoms with Gasteiger partial charge in [-0.05, 0) is 62.4 Å². The predicted molar refractivity (Wildman–Crippen MR) is 123 cm³/mol. The maximum Gasteiger partial charge on any atom is 0.224 e. The van der Waals surface area contributed by atoms with Crippen molar-refractivity contribution in [2.75, 3.05) is 50.3 Å². The van der Waals surface area contributed by atoms with Gasteiger partial charge in [0.1, 0.15) is 24.7 Å². The number of hydrogen-bond donors (Lipinski definition) is 2. The summed E-state index contributed by atoms with van der Waals surface area (Å²) in [6.07, 6.45) is 0.161. The fraction of sp³-hybridized carbons (Fsp3) is 0.417. The Bertz CT molecular complexity index is 739. The standard InChI is InChI=1S/C24H32N2O6/c1-3-29-15-17-31-21-9-5-19(6-10-21)25-23(27)13-14-24(28)26-20-7-11-22(12-8-20)32-18-16-30-4-2/h5-12H,3-4,13-18H2,1-2H3,(H,25,27)(H,26,28). The smallest absolute Gasteiger partial charge is 0.224 e. The van der Waals surface area contributed by atoms with Crippen LogP contribution in [0.4, 0.5) is 11.4 Å². The first-order valence-corrected chi connectivity index (χ1v) is 10.8. The Labute approximate surface area is 189 Å². The van der Waals surface area contributed by atoms with Gasteiger partial charge >= 0.3 is 0 Å². The molecule has 2 rings (SSSR count). The molecule has 0 aliphatic carbocycles. The summed E-state index contributed by atoms with van der Waals surface area (Å²) < 4.78 is 21.5. The maximum atomic E-state index is 12.1. The van der Waals surface area contributed by atoms with Crippen LogP contribution in [0.3, 0.4) is 0 Å². The molecule has 2 aromatic carbocycles. The molecule has 0 unspecified atom stereocenters. The van der Waals surface area contributed by atoms with Crippen molar-refractivity contribution in [1.29, 1.82) is 0 Å². The van der Waals surface area contributed by atoms with Gasteiger partial charge in [-0.1, -0.05) is 0 Å². The molecule has 8 nitrogen and oxygen atoms in total. The molecule has 0 atom stereocenters. The third kappa shape index (κ3) is 10.3. The lowest BCUT2D eigenvalue weighted by atomic mass is 10.2. The van der Waals surface area contributed by atoms with Crippen LogP contribution in [0.25, 0.3) is 0 Å². The van der Waals surface area contributed by atoms with E-state index in [4.69, 9.17) is 18.9 Å². The Hall–Kier alpha value is -3.10. The lowest BCUT2D eigenvalue weighted by Crippen LogP contribution is -2.17. The highest BCUT2D eigenvalue weighted by molar-refractivity contribution is 5.96. The van der Waals surface area contributed by atoms with E-state index in [0.29, 0.717) is 62.5 Å². The topological polar surface area (TPSA) is 95.1 Å². The van der Waals surface area contributed by atoms with E-state index in [1.807, 2.05) is 13.8 Å². The van der Waals surface area contributed by atoms with Crippen molar-refractivity contribution in [1.82, 2.24) is 0 Å². The van der Waals surface area contributed by atoms with Crippen LogP contribution in [0.2, 0.25) is 0 Å². The number of anilines is 2. The first-order chi connectivity index (χ1) is 15.6. The third-order valence-electron chi connectivity index (χ3n) is 4.26. The van der Waals surface area contributed by atoms with Crippen LogP contribution in [0.5, 0.6) is 11.5 Å². The van der Waals surface area contributed by atoms with Crippen molar-refractivity contribution < 1.29 is 28.5 Å². The van der Waals surface area contributed by atoms with Gasteiger partial charge < -0.3 is 29.6 Å². The zero-order valence-electron chi connectivity index (χ0n) is 18.7. The van der Waals surface area contributed by atoms with Gasteiger partial charge in [0.15, 0.2) is 0 Å². The molecular weight excluding hydrogens is 412 g/mol. The second-order valence-electron chi connectivity index (χ2n) is 6.74. The molecule has 0 aromatic heterocycles. The Balaban J connectivity index is 1.66. The molecule has 2 aromatic rings. The highest BCUT2D eigenvalue weighted by Crippen LogP contribution is 2.17. The molecule has 0 radical (unpaired) electrons. The largest absolute Gasteiger partial charge is 0.491 e.